The molecule has 0 radical (unpaired) electrons. The Morgan fingerprint density at radius 2 is 1.96 bits per heavy atom. The van der Waals surface area contributed by atoms with E-state index in [9.17, 15) is 10.0 Å². The van der Waals surface area contributed by atoms with Crippen molar-refractivity contribution in [1.82, 2.24) is 9.88 Å². The lowest BCUT2D eigenvalue weighted by Gasteiger charge is -2.27. The molecule has 1 aliphatic rings. The van der Waals surface area contributed by atoms with Crippen LogP contribution in [0.25, 0.3) is 22.0 Å². The number of nitrogens with zero attached hydrogens (tertiary/aromatic N) is 2. The van der Waals surface area contributed by atoms with Gasteiger partial charge in [0.05, 0.1) is 5.52 Å². The first-order valence-electron chi connectivity index (χ1n) is 8.07. The van der Waals surface area contributed by atoms with Crippen LogP contribution in [0.15, 0.2) is 35.5 Å². The summed E-state index contributed by atoms with van der Waals surface area (Å²) < 4.78 is 0. The van der Waals surface area contributed by atoms with Gasteiger partial charge in [0.1, 0.15) is 0 Å². The van der Waals surface area contributed by atoms with Gasteiger partial charge in [0, 0.05) is 18.5 Å². The largest absolute Gasteiger partial charge is 0.493 e. The third kappa shape index (κ3) is 2.20. The van der Waals surface area contributed by atoms with Crippen molar-refractivity contribution in [1.29, 1.82) is 0 Å². The van der Waals surface area contributed by atoms with Crippen molar-refractivity contribution < 1.29 is 5.11 Å². The second-order valence-corrected chi connectivity index (χ2v) is 6.57. The number of aryl methyl sites for hydroxylation is 1. The molecule has 0 atom stereocenters. The van der Waals surface area contributed by atoms with E-state index in [2.05, 4.69) is 53.3 Å². The van der Waals surface area contributed by atoms with Crippen molar-refractivity contribution in [2.24, 2.45) is 5.18 Å². The van der Waals surface area contributed by atoms with Crippen molar-refractivity contribution in [2.45, 2.75) is 19.9 Å². The number of likely N-dealkylation sites (N-methyl/N-ethyl adjacent to an activating group) is 1. The van der Waals surface area contributed by atoms with Crippen LogP contribution in [-0.4, -0.2) is 28.6 Å². The Hall–Kier alpha value is -2.66. The van der Waals surface area contributed by atoms with Crippen molar-refractivity contribution in [3.63, 3.8) is 0 Å². The number of nitroso groups, excluding NO2 is 1. The first kappa shape index (κ1) is 14.9. The van der Waals surface area contributed by atoms with Gasteiger partial charge in [-0.25, -0.2) is 0 Å². The van der Waals surface area contributed by atoms with Crippen molar-refractivity contribution in [3.8, 4) is 17.0 Å². The SMILES string of the molecule is Cc1ccc(-c2cc3c(N=O)c(O)[nH]c3c3c2CCN(C)C3)cc1. The first-order valence-corrected chi connectivity index (χ1v) is 8.07. The van der Waals surface area contributed by atoms with E-state index in [0.29, 0.717) is 5.39 Å². The van der Waals surface area contributed by atoms with Gasteiger partial charge in [0.25, 0.3) is 0 Å². The Labute approximate surface area is 139 Å². The zero-order valence-corrected chi connectivity index (χ0v) is 13.8. The highest BCUT2D eigenvalue weighted by molar-refractivity contribution is 6.00. The van der Waals surface area contributed by atoms with E-state index in [1.807, 2.05) is 6.07 Å². The Morgan fingerprint density at radius 3 is 2.67 bits per heavy atom. The molecule has 0 bridgehead atoms. The number of aromatic amines is 1. The molecule has 122 valence electrons. The molecule has 2 heterocycles. The fourth-order valence-electron chi connectivity index (χ4n) is 3.61. The first-order chi connectivity index (χ1) is 11.6. The smallest absolute Gasteiger partial charge is 0.219 e. The number of H-pyrrole nitrogens is 1. The average molecular weight is 321 g/mol. The van der Waals surface area contributed by atoms with E-state index in [1.54, 1.807) is 0 Å². The number of fused-ring (bicyclic) bond motifs is 3. The Bertz CT molecular complexity index is 942. The summed E-state index contributed by atoms with van der Waals surface area (Å²) in [5.41, 5.74) is 6.79. The van der Waals surface area contributed by atoms with Crippen LogP contribution in [0.2, 0.25) is 0 Å². The molecule has 0 saturated heterocycles. The molecule has 2 N–H and O–H groups in total. The van der Waals surface area contributed by atoms with Gasteiger partial charge in [-0.15, -0.1) is 4.91 Å². The Balaban J connectivity index is 2.06. The normalized spacial score (nSPS) is 14.8. The predicted octanol–water partition coefficient (Wildman–Crippen LogP) is 4.23. The van der Waals surface area contributed by atoms with Crippen LogP contribution < -0.4 is 0 Å². The van der Waals surface area contributed by atoms with Gasteiger partial charge in [-0.2, -0.15) is 0 Å². The topological polar surface area (TPSA) is 68.7 Å². The van der Waals surface area contributed by atoms with Crippen LogP contribution in [0.3, 0.4) is 0 Å². The monoisotopic (exact) mass is 321 g/mol. The van der Waals surface area contributed by atoms with Gasteiger partial charge in [-0.3, -0.25) is 0 Å². The predicted molar refractivity (Wildman–Crippen MR) is 95.6 cm³/mol. The molecule has 2 aromatic carbocycles. The highest BCUT2D eigenvalue weighted by Crippen LogP contribution is 2.42. The molecule has 0 fully saturated rings. The molecule has 0 aliphatic carbocycles. The second kappa shape index (κ2) is 5.46. The molecular formula is C19H19N3O2. The highest BCUT2D eigenvalue weighted by Gasteiger charge is 2.24. The lowest BCUT2D eigenvalue weighted by atomic mass is 9.88. The number of benzene rings is 2. The fraction of sp³-hybridized carbons (Fsp3) is 0.263. The standard InChI is InChI=1S/C19H19N3O2/c1-11-3-5-12(6-4-11)14-9-15-17(20-19(23)18(15)21-24)16-10-22(2)8-7-13(14)16/h3-6,9,20,23H,7-8,10H2,1-2H3. The number of aromatic hydroxyl groups is 1. The van der Waals surface area contributed by atoms with Crippen molar-refractivity contribution in [2.75, 3.05) is 13.6 Å². The van der Waals surface area contributed by atoms with E-state index in [0.717, 1.165) is 41.7 Å². The Morgan fingerprint density at radius 1 is 1.21 bits per heavy atom. The zero-order chi connectivity index (χ0) is 16.8. The average Bonchev–Trinajstić information content (AvgIpc) is 2.90. The minimum atomic E-state index is -0.156. The van der Waals surface area contributed by atoms with Crippen LogP contribution in [0, 0.1) is 11.8 Å². The molecule has 3 aromatic rings. The number of hydrogen-bond donors (Lipinski definition) is 2. The van der Waals surface area contributed by atoms with E-state index in [1.165, 1.54) is 11.1 Å². The Kier molecular flexibility index (Phi) is 3.39. The van der Waals surface area contributed by atoms with E-state index in [4.69, 9.17) is 0 Å². The maximum atomic E-state index is 11.2. The number of rotatable bonds is 2. The van der Waals surface area contributed by atoms with Gasteiger partial charge in [0.15, 0.2) is 5.69 Å². The molecule has 24 heavy (non-hydrogen) atoms. The van der Waals surface area contributed by atoms with Crippen LogP contribution >= 0.6 is 0 Å². The van der Waals surface area contributed by atoms with Gasteiger partial charge in [-0.05, 0) is 53.9 Å². The summed E-state index contributed by atoms with van der Waals surface area (Å²) in [6.07, 6.45) is 0.939. The van der Waals surface area contributed by atoms with Gasteiger partial charge < -0.3 is 15.0 Å². The maximum absolute atomic E-state index is 11.2. The second-order valence-electron chi connectivity index (χ2n) is 6.57. The van der Waals surface area contributed by atoms with Crippen molar-refractivity contribution >= 4 is 16.6 Å². The van der Waals surface area contributed by atoms with Crippen LogP contribution in [0.1, 0.15) is 16.7 Å². The van der Waals surface area contributed by atoms with Crippen molar-refractivity contribution in [3.05, 3.63) is 51.9 Å². The molecule has 1 aromatic heterocycles. The summed E-state index contributed by atoms with van der Waals surface area (Å²) in [4.78, 5) is 16.4. The third-order valence-corrected chi connectivity index (χ3v) is 4.90. The number of aromatic nitrogens is 1. The van der Waals surface area contributed by atoms with Gasteiger partial charge in [-0.1, -0.05) is 29.8 Å². The van der Waals surface area contributed by atoms with Gasteiger partial charge >= 0.3 is 0 Å². The fourth-order valence-corrected chi connectivity index (χ4v) is 3.61. The highest BCUT2D eigenvalue weighted by atomic mass is 16.3. The zero-order valence-electron chi connectivity index (χ0n) is 13.8. The summed E-state index contributed by atoms with van der Waals surface area (Å²) in [6.45, 7) is 3.84. The summed E-state index contributed by atoms with van der Waals surface area (Å²) in [5.74, 6) is -0.156. The van der Waals surface area contributed by atoms with Gasteiger partial charge in [0.2, 0.25) is 5.88 Å². The molecule has 0 spiro atoms. The molecule has 0 unspecified atom stereocenters. The number of nitrogens with one attached hydrogen (secondary N) is 1. The lowest BCUT2D eigenvalue weighted by molar-refractivity contribution is 0.314. The van der Waals surface area contributed by atoms with Crippen LogP contribution in [-0.2, 0) is 13.0 Å². The molecule has 4 rings (SSSR count). The maximum Gasteiger partial charge on any atom is 0.219 e. The molecular weight excluding hydrogens is 302 g/mol. The summed E-state index contributed by atoms with van der Waals surface area (Å²) in [5, 5.41) is 13.8. The quantitative estimate of drug-likeness (QED) is 0.694. The van der Waals surface area contributed by atoms with E-state index >= 15 is 0 Å². The summed E-state index contributed by atoms with van der Waals surface area (Å²) in [7, 11) is 2.08. The number of hydrogen-bond acceptors (Lipinski definition) is 4. The minimum Gasteiger partial charge on any atom is -0.493 e. The molecule has 1 aliphatic heterocycles. The molecule has 0 saturated carbocycles. The third-order valence-electron chi connectivity index (χ3n) is 4.90. The minimum absolute atomic E-state index is 0.0920. The summed E-state index contributed by atoms with van der Waals surface area (Å²) in [6, 6.07) is 10.4. The van der Waals surface area contributed by atoms with Crippen LogP contribution in [0.4, 0.5) is 5.69 Å². The molecule has 5 heteroatoms. The summed E-state index contributed by atoms with van der Waals surface area (Å²) >= 11 is 0. The van der Waals surface area contributed by atoms with Crippen LogP contribution in [0.5, 0.6) is 5.88 Å². The lowest BCUT2D eigenvalue weighted by Crippen LogP contribution is -2.27. The molecule has 0 amide bonds. The molecule has 5 nitrogen and oxygen atoms in total. The van der Waals surface area contributed by atoms with E-state index < -0.39 is 0 Å². The van der Waals surface area contributed by atoms with E-state index in [-0.39, 0.29) is 11.6 Å².